The highest BCUT2D eigenvalue weighted by atomic mass is 19.2. The quantitative estimate of drug-likeness (QED) is 0.662. The molecule has 0 spiro atoms. The highest BCUT2D eigenvalue weighted by molar-refractivity contribution is 5.88. The minimum atomic E-state index is -1.31. The summed E-state index contributed by atoms with van der Waals surface area (Å²) in [5.41, 5.74) is 0.276. The van der Waals surface area contributed by atoms with E-state index >= 15 is 0 Å². The van der Waals surface area contributed by atoms with Crippen molar-refractivity contribution in [2.24, 2.45) is 5.41 Å². The molecule has 30 heavy (non-hydrogen) atoms. The van der Waals surface area contributed by atoms with Crippen LogP contribution in [0.4, 0.5) is 18.0 Å². The van der Waals surface area contributed by atoms with Crippen LogP contribution in [0.2, 0.25) is 0 Å². The largest absolute Gasteiger partial charge is 0.357 e. The van der Waals surface area contributed by atoms with Gasteiger partial charge in [-0.15, -0.1) is 0 Å². The Morgan fingerprint density at radius 2 is 1.83 bits per heavy atom. The summed E-state index contributed by atoms with van der Waals surface area (Å²) in [7, 11) is 1.47. The fourth-order valence-corrected chi connectivity index (χ4v) is 3.44. The molecule has 1 atom stereocenters. The van der Waals surface area contributed by atoms with Gasteiger partial charge in [0.1, 0.15) is 17.6 Å². The SMILES string of the molecule is CNC(=O)[C@@H](NC(=O)n1nc(-c2cc(F)c(F)cc2F)c2c1CCNC2)C(C)(C)C. The van der Waals surface area contributed by atoms with E-state index in [-0.39, 0.29) is 23.7 Å². The number of likely N-dealkylation sites (N-methyl/N-ethyl adjacent to an activating group) is 1. The third-order valence-electron chi connectivity index (χ3n) is 5.03. The molecule has 10 heteroatoms. The van der Waals surface area contributed by atoms with Crippen molar-refractivity contribution >= 4 is 11.9 Å². The number of carbonyl (C=O) groups is 2. The zero-order valence-electron chi connectivity index (χ0n) is 17.2. The molecule has 2 heterocycles. The molecule has 1 aromatic heterocycles. The Bertz CT molecular complexity index is 997. The highest BCUT2D eigenvalue weighted by Gasteiger charge is 2.34. The minimum absolute atomic E-state index is 0.0519. The number of fused-ring (bicyclic) bond motifs is 1. The van der Waals surface area contributed by atoms with Crippen molar-refractivity contribution in [2.45, 2.75) is 39.8 Å². The first-order chi connectivity index (χ1) is 14.0. The molecule has 0 saturated heterocycles. The Labute approximate surface area is 172 Å². The number of nitrogens with zero attached hydrogens (tertiary/aromatic N) is 2. The van der Waals surface area contributed by atoms with E-state index in [4.69, 9.17) is 0 Å². The lowest BCUT2D eigenvalue weighted by atomic mass is 9.86. The van der Waals surface area contributed by atoms with Gasteiger partial charge in [0, 0.05) is 43.8 Å². The molecular formula is C20H24F3N5O2. The third kappa shape index (κ3) is 4.04. The molecule has 0 aliphatic carbocycles. The van der Waals surface area contributed by atoms with Gasteiger partial charge in [-0.05, 0) is 11.5 Å². The molecule has 1 aliphatic heterocycles. The summed E-state index contributed by atoms with van der Waals surface area (Å²) in [5.74, 6) is -3.87. The first kappa shape index (κ1) is 21.8. The summed E-state index contributed by atoms with van der Waals surface area (Å²) in [6, 6.07) is -0.328. The van der Waals surface area contributed by atoms with E-state index in [1.54, 1.807) is 20.8 Å². The van der Waals surface area contributed by atoms with E-state index in [2.05, 4.69) is 21.0 Å². The lowest BCUT2D eigenvalue weighted by Gasteiger charge is -2.29. The molecule has 2 aromatic rings. The molecule has 2 amide bonds. The van der Waals surface area contributed by atoms with Crippen LogP contribution in [0.15, 0.2) is 12.1 Å². The van der Waals surface area contributed by atoms with E-state index in [0.717, 1.165) is 10.7 Å². The number of halogens is 3. The molecule has 1 aromatic carbocycles. The number of carbonyl (C=O) groups excluding carboxylic acids is 2. The Morgan fingerprint density at radius 3 is 2.47 bits per heavy atom. The van der Waals surface area contributed by atoms with Crippen molar-refractivity contribution in [3.63, 3.8) is 0 Å². The van der Waals surface area contributed by atoms with Crippen LogP contribution >= 0.6 is 0 Å². The molecule has 0 fully saturated rings. The molecule has 1 aliphatic rings. The normalized spacial score (nSPS) is 14.8. The Hall–Kier alpha value is -2.88. The molecule has 0 radical (unpaired) electrons. The molecule has 0 unspecified atom stereocenters. The molecule has 0 bridgehead atoms. The first-order valence-electron chi connectivity index (χ1n) is 9.53. The molecule has 7 nitrogen and oxygen atoms in total. The Balaban J connectivity index is 2.06. The van der Waals surface area contributed by atoms with Gasteiger partial charge in [0.2, 0.25) is 5.91 Å². The van der Waals surface area contributed by atoms with Crippen molar-refractivity contribution in [1.82, 2.24) is 25.7 Å². The van der Waals surface area contributed by atoms with Crippen LogP contribution in [0.5, 0.6) is 0 Å². The van der Waals surface area contributed by atoms with Crippen LogP contribution in [-0.2, 0) is 17.8 Å². The molecular weight excluding hydrogens is 399 g/mol. The second-order valence-corrected chi connectivity index (χ2v) is 8.22. The molecule has 3 N–H and O–H groups in total. The van der Waals surface area contributed by atoms with E-state index in [1.165, 1.54) is 7.05 Å². The Morgan fingerprint density at radius 1 is 1.17 bits per heavy atom. The van der Waals surface area contributed by atoms with Gasteiger partial charge >= 0.3 is 6.03 Å². The van der Waals surface area contributed by atoms with Gasteiger partial charge in [0.15, 0.2) is 11.6 Å². The van der Waals surface area contributed by atoms with Crippen molar-refractivity contribution in [3.8, 4) is 11.3 Å². The lowest BCUT2D eigenvalue weighted by Crippen LogP contribution is -2.54. The zero-order valence-corrected chi connectivity index (χ0v) is 17.2. The molecule has 0 saturated carbocycles. The fourth-order valence-electron chi connectivity index (χ4n) is 3.44. The van der Waals surface area contributed by atoms with Gasteiger partial charge in [-0.25, -0.2) is 18.0 Å². The van der Waals surface area contributed by atoms with Gasteiger partial charge in [0.05, 0.1) is 5.69 Å². The number of rotatable bonds is 3. The second-order valence-electron chi connectivity index (χ2n) is 8.22. The van der Waals surface area contributed by atoms with Crippen molar-refractivity contribution < 1.29 is 22.8 Å². The maximum absolute atomic E-state index is 14.4. The average molecular weight is 423 g/mol. The van der Waals surface area contributed by atoms with Crippen LogP contribution < -0.4 is 16.0 Å². The van der Waals surface area contributed by atoms with E-state index in [9.17, 15) is 22.8 Å². The second kappa shape index (κ2) is 8.10. The van der Waals surface area contributed by atoms with Crippen molar-refractivity contribution in [2.75, 3.05) is 13.6 Å². The smallest absolute Gasteiger partial charge is 0.343 e. The minimum Gasteiger partial charge on any atom is -0.357 e. The highest BCUT2D eigenvalue weighted by Crippen LogP contribution is 2.31. The number of aromatic nitrogens is 2. The first-order valence-corrected chi connectivity index (χ1v) is 9.53. The predicted octanol–water partition coefficient (Wildman–Crippen LogP) is 2.33. The van der Waals surface area contributed by atoms with Gasteiger partial charge in [0.25, 0.3) is 0 Å². The number of amides is 2. The van der Waals surface area contributed by atoms with Crippen LogP contribution in [-0.4, -0.2) is 41.4 Å². The van der Waals surface area contributed by atoms with Crippen molar-refractivity contribution in [3.05, 3.63) is 40.8 Å². The average Bonchev–Trinajstić information content (AvgIpc) is 3.07. The Kier molecular flexibility index (Phi) is 5.89. The van der Waals surface area contributed by atoms with Crippen molar-refractivity contribution in [1.29, 1.82) is 0 Å². The van der Waals surface area contributed by atoms with E-state index in [0.29, 0.717) is 30.3 Å². The summed E-state index contributed by atoms with van der Waals surface area (Å²) in [5, 5.41) is 12.5. The van der Waals surface area contributed by atoms with Crippen LogP contribution in [0.3, 0.4) is 0 Å². The molecule has 3 rings (SSSR count). The van der Waals surface area contributed by atoms with Gasteiger partial charge in [-0.1, -0.05) is 20.8 Å². The number of nitrogens with one attached hydrogen (secondary N) is 3. The van der Waals surface area contributed by atoms with E-state index < -0.39 is 34.9 Å². The summed E-state index contributed by atoms with van der Waals surface area (Å²) in [4.78, 5) is 25.3. The number of benzene rings is 1. The van der Waals surface area contributed by atoms with Gasteiger partial charge in [-0.3, -0.25) is 4.79 Å². The number of hydrogen-bond donors (Lipinski definition) is 3. The van der Waals surface area contributed by atoms with Gasteiger partial charge in [-0.2, -0.15) is 9.78 Å². The summed E-state index contributed by atoms with van der Waals surface area (Å²) < 4.78 is 42.6. The predicted molar refractivity (Wildman–Crippen MR) is 104 cm³/mol. The molecule has 162 valence electrons. The summed E-state index contributed by atoms with van der Waals surface area (Å²) in [6.45, 7) is 6.26. The topological polar surface area (TPSA) is 88.1 Å². The van der Waals surface area contributed by atoms with Crippen LogP contribution in [0.25, 0.3) is 11.3 Å². The summed E-state index contributed by atoms with van der Waals surface area (Å²) in [6.07, 6.45) is 0.418. The van der Waals surface area contributed by atoms with Gasteiger partial charge < -0.3 is 16.0 Å². The third-order valence-corrected chi connectivity index (χ3v) is 5.03. The standard InChI is InChI=1S/C20H24F3N5O2/c1-20(2,3)17(18(29)24-4)26-19(30)28-15-5-6-25-9-11(15)16(27-28)10-7-13(22)14(23)8-12(10)21/h7-8,17,25H,5-6,9H2,1-4H3,(H,24,29)(H,26,30)/t17-/m1/s1. The number of hydrogen-bond acceptors (Lipinski definition) is 4. The maximum atomic E-state index is 14.4. The lowest BCUT2D eigenvalue weighted by molar-refractivity contribution is -0.124. The van der Waals surface area contributed by atoms with Crippen LogP contribution in [0.1, 0.15) is 32.0 Å². The summed E-state index contributed by atoms with van der Waals surface area (Å²) >= 11 is 0. The maximum Gasteiger partial charge on any atom is 0.343 e. The van der Waals surface area contributed by atoms with Crippen LogP contribution in [0, 0.1) is 22.9 Å². The fraction of sp³-hybridized carbons (Fsp3) is 0.450. The van der Waals surface area contributed by atoms with E-state index in [1.807, 2.05) is 0 Å². The zero-order chi connectivity index (χ0) is 22.2. The monoisotopic (exact) mass is 423 g/mol.